The molecule has 0 fully saturated rings. The minimum Gasteiger partial charge on any atom is -0.310 e. The molecule has 0 bridgehead atoms. The summed E-state index contributed by atoms with van der Waals surface area (Å²) in [5, 5.41) is 2.82. The van der Waals surface area contributed by atoms with E-state index in [9.17, 15) is 8.78 Å². The number of thioether (sulfide) groups is 1. The predicted octanol–water partition coefficient (Wildman–Crippen LogP) is 4.16. The number of nitrogens with one attached hydrogen (secondary N) is 1. The summed E-state index contributed by atoms with van der Waals surface area (Å²) in [6, 6.07) is 17.9. The maximum absolute atomic E-state index is 13.8. The first-order valence-corrected chi connectivity index (χ1v) is 7.49. The van der Waals surface area contributed by atoms with Crippen molar-refractivity contribution in [2.75, 3.05) is 18.8 Å². The fraction of sp³-hybridized carbons (Fsp3) is 0.250. The molecule has 2 rings (SSSR count). The maximum Gasteiger partial charge on any atom is 0.285 e. The number of benzene rings is 2. The fourth-order valence-electron chi connectivity index (χ4n) is 1.79. The van der Waals surface area contributed by atoms with Gasteiger partial charge in [-0.3, -0.25) is 0 Å². The van der Waals surface area contributed by atoms with Crippen LogP contribution in [-0.2, 0) is 5.92 Å². The Morgan fingerprint density at radius 3 is 2.15 bits per heavy atom. The molecule has 0 aliphatic heterocycles. The number of halogens is 2. The van der Waals surface area contributed by atoms with E-state index >= 15 is 0 Å². The van der Waals surface area contributed by atoms with E-state index in [1.807, 2.05) is 30.3 Å². The second kappa shape index (κ2) is 7.41. The molecule has 0 aliphatic carbocycles. The van der Waals surface area contributed by atoms with E-state index in [4.69, 9.17) is 0 Å². The van der Waals surface area contributed by atoms with E-state index in [1.165, 1.54) is 12.1 Å². The zero-order valence-corrected chi connectivity index (χ0v) is 11.9. The summed E-state index contributed by atoms with van der Waals surface area (Å²) >= 11 is 1.66. The summed E-state index contributed by atoms with van der Waals surface area (Å²) < 4.78 is 27.7. The Morgan fingerprint density at radius 2 is 1.50 bits per heavy atom. The molecule has 106 valence electrons. The average molecular weight is 293 g/mol. The van der Waals surface area contributed by atoms with Gasteiger partial charge in [0.2, 0.25) is 0 Å². The van der Waals surface area contributed by atoms with Gasteiger partial charge >= 0.3 is 0 Å². The topological polar surface area (TPSA) is 12.0 Å². The number of rotatable bonds is 7. The highest BCUT2D eigenvalue weighted by molar-refractivity contribution is 7.99. The normalized spacial score (nSPS) is 11.5. The molecule has 4 heteroatoms. The Bertz CT molecular complexity index is 502. The molecule has 2 aromatic rings. The molecule has 0 spiro atoms. The van der Waals surface area contributed by atoms with Crippen molar-refractivity contribution in [2.24, 2.45) is 0 Å². The Kier molecular flexibility index (Phi) is 5.56. The molecule has 0 aliphatic rings. The standard InChI is InChI=1S/C16H17F2NS/c17-16(18,14-7-3-1-4-8-14)13-19-11-12-20-15-9-5-2-6-10-15/h1-10,19H,11-13H2. The molecule has 0 atom stereocenters. The Balaban J connectivity index is 1.70. The van der Waals surface area contributed by atoms with Crippen molar-refractivity contribution in [1.29, 1.82) is 0 Å². The van der Waals surface area contributed by atoms with Gasteiger partial charge in [0, 0.05) is 22.8 Å². The van der Waals surface area contributed by atoms with E-state index < -0.39 is 5.92 Å². The van der Waals surface area contributed by atoms with Crippen LogP contribution in [0.1, 0.15) is 5.56 Å². The first-order chi connectivity index (χ1) is 9.68. The van der Waals surface area contributed by atoms with Gasteiger partial charge in [-0.1, -0.05) is 48.5 Å². The molecule has 0 aromatic heterocycles. The van der Waals surface area contributed by atoms with Gasteiger partial charge in [0.25, 0.3) is 5.92 Å². The second-order valence-electron chi connectivity index (χ2n) is 4.41. The van der Waals surface area contributed by atoms with Crippen molar-refractivity contribution >= 4 is 11.8 Å². The predicted molar refractivity (Wildman–Crippen MR) is 80.4 cm³/mol. The van der Waals surface area contributed by atoms with Crippen LogP contribution in [0.5, 0.6) is 0 Å². The summed E-state index contributed by atoms with van der Waals surface area (Å²) in [6.07, 6.45) is 0. The SMILES string of the molecule is FC(F)(CNCCSc1ccccc1)c1ccccc1. The summed E-state index contributed by atoms with van der Waals surface area (Å²) in [6.45, 7) is 0.231. The lowest BCUT2D eigenvalue weighted by atomic mass is 10.1. The van der Waals surface area contributed by atoms with E-state index in [0.29, 0.717) is 6.54 Å². The molecule has 0 unspecified atom stereocenters. The minimum atomic E-state index is -2.82. The van der Waals surface area contributed by atoms with Crippen LogP contribution in [0.15, 0.2) is 65.6 Å². The van der Waals surface area contributed by atoms with Crippen molar-refractivity contribution in [3.63, 3.8) is 0 Å². The van der Waals surface area contributed by atoms with Crippen LogP contribution < -0.4 is 5.32 Å². The van der Waals surface area contributed by atoms with Crippen LogP contribution in [-0.4, -0.2) is 18.8 Å². The first-order valence-electron chi connectivity index (χ1n) is 6.50. The van der Waals surface area contributed by atoms with Crippen molar-refractivity contribution in [2.45, 2.75) is 10.8 Å². The van der Waals surface area contributed by atoms with Gasteiger partial charge in [0.1, 0.15) is 0 Å². The highest BCUT2D eigenvalue weighted by atomic mass is 32.2. The monoisotopic (exact) mass is 293 g/mol. The number of alkyl halides is 2. The molecule has 0 saturated carbocycles. The zero-order valence-electron chi connectivity index (χ0n) is 11.1. The summed E-state index contributed by atoms with van der Waals surface area (Å²) in [4.78, 5) is 1.16. The quantitative estimate of drug-likeness (QED) is 0.607. The largest absolute Gasteiger partial charge is 0.310 e. The van der Waals surface area contributed by atoms with E-state index in [2.05, 4.69) is 5.32 Å². The van der Waals surface area contributed by atoms with E-state index in [1.54, 1.807) is 30.0 Å². The Morgan fingerprint density at radius 1 is 0.900 bits per heavy atom. The summed E-state index contributed by atoms with van der Waals surface area (Å²) in [5.41, 5.74) is 0.0585. The first kappa shape index (κ1) is 15.0. The molecule has 20 heavy (non-hydrogen) atoms. The highest BCUT2D eigenvalue weighted by Gasteiger charge is 2.30. The maximum atomic E-state index is 13.8. The third-order valence-corrected chi connectivity index (χ3v) is 3.85. The second-order valence-corrected chi connectivity index (χ2v) is 5.58. The van der Waals surface area contributed by atoms with E-state index in [-0.39, 0.29) is 12.1 Å². The van der Waals surface area contributed by atoms with Gasteiger partial charge in [-0.05, 0) is 12.1 Å². The molecular formula is C16H17F2NS. The molecular weight excluding hydrogens is 276 g/mol. The Labute approximate surface area is 122 Å². The molecule has 1 N–H and O–H groups in total. The molecule has 0 amide bonds. The van der Waals surface area contributed by atoms with Crippen LogP contribution in [0.3, 0.4) is 0 Å². The average Bonchev–Trinajstić information content (AvgIpc) is 2.49. The van der Waals surface area contributed by atoms with Crippen LogP contribution in [0.25, 0.3) is 0 Å². The molecule has 1 nitrogen and oxygen atoms in total. The lowest BCUT2D eigenvalue weighted by Crippen LogP contribution is -2.32. The van der Waals surface area contributed by atoms with Gasteiger partial charge in [-0.2, -0.15) is 8.78 Å². The minimum absolute atomic E-state index is 0.0585. The fourth-order valence-corrected chi connectivity index (χ4v) is 2.62. The van der Waals surface area contributed by atoms with Gasteiger partial charge in [0.15, 0.2) is 0 Å². The third kappa shape index (κ3) is 4.62. The van der Waals surface area contributed by atoms with Crippen LogP contribution in [0.2, 0.25) is 0 Å². The van der Waals surface area contributed by atoms with Crippen molar-refractivity contribution in [1.82, 2.24) is 5.32 Å². The lowest BCUT2D eigenvalue weighted by molar-refractivity contribution is -0.00252. The van der Waals surface area contributed by atoms with Gasteiger partial charge in [-0.15, -0.1) is 11.8 Å². The molecule has 0 heterocycles. The van der Waals surface area contributed by atoms with Crippen LogP contribution >= 0.6 is 11.8 Å². The molecule has 0 radical (unpaired) electrons. The summed E-state index contributed by atoms with van der Waals surface area (Å²) in [5.74, 6) is -2.05. The van der Waals surface area contributed by atoms with Crippen molar-refractivity contribution < 1.29 is 8.78 Å². The third-order valence-electron chi connectivity index (χ3n) is 2.83. The van der Waals surface area contributed by atoms with Crippen LogP contribution in [0, 0.1) is 0 Å². The highest BCUT2D eigenvalue weighted by Crippen LogP contribution is 2.26. The van der Waals surface area contributed by atoms with Crippen molar-refractivity contribution in [3.05, 3.63) is 66.2 Å². The van der Waals surface area contributed by atoms with Gasteiger partial charge in [0.05, 0.1) is 6.54 Å². The smallest absolute Gasteiger partial charge is 0.285 e. The molecule has 2 aromatic carbocycles. The van der Waals surface area contributed by atoms with Gasteiger partial charge < -0.3 is 5.32 Å². The zero-order chi connectivity index (χ0) is 14.3. The summed E-state index contributed by atoms with van der Waals surface area (Å²) in [7, 11) is 0. The number of hydrogen-bond acceptors (Lipinski definition) is 2. The van der Waals surface area contributed by atoms with Crippen LogP contribution in [0.4, 0.5) is 8.78 Å². The lowest BCUT2D eigenvalue weighted by Gasteiger charge is -2.17. The number of hydrogen-bond donors (Lipinski definition) is 1. The molecule has 0 saturated heterocycles. The van der Waals surface area contributed by atoms with E-state index in [0.717, 1.165) is 10.6 Å². The van der Waals surface area contributed by atoms with Crippen molar-refractivity contribution in [3.8, 4) is 0 Å². The van der Waals surface area contributed by atoms with Gasteiger partial charge in [-0.25, -0.2) is 0 Å². The Hall–Kier alpha value is -1.39.